The smallest absolute Gasteiger partial charge is 0.191 e. The first kappa shape index (κ1) is 23.4. The molecule has 0 saturated heterocycles. The summed E-state index contributed by atoms with van der Waals surface area (Å²) in [6, 6.07) is 14.5. The number of aromatic nitrogens is 1. The van der Waals surface area contributed by atoms with E-state index in [1.54, 1.807) is 17.6 Å². The van der Waals surface area contributed by atoms with Crippen molar-refractivity contribution in [1.29, 1.82) is 0 Å². The molecule has 2 aromatic heterocycles. The molecule has 0 amide bonds. The highest BCUT2D eigenvalue weighted by atomic mass is 127. The van der Waals surface area contributed by atoms with Crippen LogP contribution in [0.3, 0.4) is 0 Å². The predicted molar refractivity (Wildman–Crippen MR) is 131 cm³/mol. The number of benzene rings is 1. The van der Waals surface area contributed by atoms with Crippen LogP contribution < -0.4 is 10.6 Å². The molecule has 0 aliphatic rings. The number of thiazole rings is 1. The summed E-state index contributed by atoms with van der Waals surface area (Å²) in [4.78, 5) is 10.6. The van der Waals surface area contributed by atoms with E-state index in [2.05, 4.69) is 60.7 Å². The largest absolute Gasteiger partial charge is 0.469 e. The fourth-order valence-electron chi connectivity index (χ4n) is 2.85. The van der Waals surface area contributed by atoms with Crippen molar-refractivity contribution in [2.24, 2.45) is 4.99 Å². The summed E-state index contributed by atoms with van der Waals surface area (Å²) >= 11 is 1.74. The lowest BCUT2D eigenvalue weighted by Gasteiger charge is -2.19. The van der Waals surface area contributed by atoms with E-state index in [0.717, 1.165) is 29.7 Å². The van der Waals surface area contributed by atoms with Crippen molar-refractivity contribution in [2.75, 3.05) is 13.1 Å². The van der Waals surface area contributed by atoms with Crippen LogP contribution in [0.5, 0.6) is 0 Å². The molecule has 1 aromatic carbocycles. The number of hydrogen-bond acceptors (Lipinski definition) is 4. The Balaban J connectivity index is 0.00000300. The van der Waals surface area contributed by atoms with Gasteiger partial charge in [0.25, 0.3) is 0 Å². The number of halogens is 1. The first-order chi connectivity index (χ1) is 13.6. The summed E-state index contributed by atoms with van der Waals surface area (Å²) in [5.41, 5.74) is 1.23. The normalized spacial score (nSPS) is 13.4. The zero-order chi connectivity index (χ0) is 19.8. The third-order valence-electron chi connectivity index (χ3n) is 4.48. The van der Waals surface area contributed by atoms with E-state index < -0.39 is 0 Å². The van der Waals surface area contributed by atoms with Crippen molar-refractivity contribution in [1.82, 2.24) is 15.6 Å². The average molecular weight is 524 g/mol. The van der Waals surface area contributed by atoms with Gasteiger partial charge in [0.1, 0.15) is 5.76 Å². The van der Waals surface area contributed by atoms with Crippen molar-refractivity contribution in [3.63, 3.8) is 0 Å². The standard InChI is InChI=1S/C22H28N4OS.HI/c1-16(21-24-15-17(2)28-21)14-25-22(23-12-11-20-10-7-13-27-20)26-18(3)19-8-5-4-6-9-19;/h4-10,13,15-16,18H,11-12,14H2,1-3H3,(H2,23,25,26);1H. The van der Waals surface area contributed by atoms with Gasteiger partial charge in [-0.15, -0.1) is 35.3 Å². The van der Waals surface area contributed by atoms with Crippen molar-refractivity contribution >= 4 is 41.3 Å². The van der Waals surface area contributed by atoms with Gasteiger partial charge in [-0.2, -0.15) is 0 Å². The first-order valence-electron chi connectivity index (χ1n) is 9.66. The molecule has 0 bridgehead atoms. The highest BCUT2D eigenvalue weighted by Gasteiger charge is 2.12. The van der Waals surface area contributed by atoms with Crippen molar-refractivity contribution in [2.45, 2.75) is 39.2 Å². The summed E-state index contributed by atoms with van der Waals surface area (Å²) in [6.07, 6.45) is 4.45. The van der Waals surface area contributed by atoms with E-state index in [9.17, 15) is 0 Å². The van der Waals surface area contributed by atoms with Crippen molar-refractivity contribution < 1.29 is 4.42 Å². The zero-order valence-corrected chi connectivity index (χ0v) is 20.2. The molecule has 29 heavy (non-hydrogen) atoms. The maximum atomic E-state index is 5.42. The third-order valence-corrected chi connectivity index (χ3v) is 5.63. The molecule has 3 rings (SSSR count). The van der Waals surface area contributed by atoms with Gasteiger partial charge in [-0.1, -0.05) is 37.3 Å². The molecule has 2 N–H and O–H groups in total. The number of aliphatic imine (C=N–C) groups is 1. The Bertz CT molecular complexity index is 864. The maximum Gasteiger partial charge on any atom is 0.191 e. The highest BCUT2D eigenvalue weighted by Crippen LogP contribution is 2.21. The van der Waals surface area contributed by atoms with Crippen LogP contribution in [0.15, 0.2) is 64.3 Å². The van der Waals surface area contributed by atoms with E-state index in [1.807, 2.05) is 24.4 Å². The topological polar surface area (TPSA) is 62.5 Å². The lowest BCUT2D eigenvalue weighted by Crippen LogP contribution is -2.40. The Kier molecular flexibility index (Phi) is 9.66. The number of hydrogen-bond donors (Lipinski definition) is 2. The fourth-order valence-corrected chi connectivity index (χ4v) is 3.66. The Morgan fingerprint density at radius 2 is 1.97 bits per heavy atom. The maximum absolute atomic E-state index is 5.42. The van der Waals surface area contributed by atoms with Gasteiger partial charge in [-0.25, -0.2) is 4.98 Å². The molecule has 0 aliphatic carbocycles. The average Bonchev–Trinajstić information content (AvgIpc) is 3.38. The molecule has 0 fully saturated rings. The van der Waals surface area contributed by atoms with Crippen LogP contribution in [-0.4, -0.2) is 24.0 Å². The van der Waals surface area contributed by atoms with Gasteiger partial charge >= 0.3 is 0 Å². The SMILES string of the molecule is Cc1cnc(C(C)CN=C(NCCc2ccco2)NC(C)c2ccccc2)s1.I. The van der Waals surface area contributed by atoms with Crippen LogP contribution in [0.4, 0.5) is 0 Å². The number of nitrogens with one attached hydrogen (secondary N) is 2. The molecule has 7 heteroatoms. The van der Waals surface area contributed by atoms with Gasteiger partial charge in [0.15, 0.2) is 5.96 Å². The molecular formula is C22H29IN4OS. The Hall–Kier alpha value is -1.87. The molecule has 0 saturated carbocycles. The second kappa shape index (κ2) is 12.0. The summed E-state index contributed by atoms with van der Waals surface area (Å²) < 4.78 is 5.42. The minimum absolute atomic E-state index is 0. The molecule has 2 unspecified atom stereocenters. The van der Waals surface area contributed by atoms with Gasteiger partial charge in [-0.05, 0) is 31.5 Å². The van der Waals surface area contributed by atoms with E-state index in [-0.39, 0.29) is 35.9 Å². The van der Waals surface area contributed by atoms with E-state index in [4.69, 9.17) is 9.41 Å². The minimum atomic E-state index is 0. The monoisotopic (exact) mass is 524 g/mol. The number of nitrogens with zero attached hydrogens (tertiary/aromatic N) is 2. The summed E-state index contributed by atoms with van der Waals surface area (Å²) in [5.74, 6) is 2.06. The summed E-state index contributed by atoms with van der Waals surface area (Å²) in [6.45, 7) is 7.84. The second-order valence-electron chi connectivity index (χ2n) is 6.93. The van der Waals surface area contributed by atoms with E-state index in [1.165, 1.54) is 10.4 Å². The molecule has 3 aromatic rings. The van der Waals surface area contributed by atoms with Gasteiger partial charge in [0.2, 0.25) is 0 Å². The van der Waals surface area contributed by atoms with Crippen LogP contribution in [0.25, 0.3) is 0 Å². The van der Waals surface area contributed by atoms with Crippen LogP contribution in [0, 0.1) is 6.92 Å². The Labute approximate surface area is 194 Å². The predicted octanol–water partition coefficient (Wildman–Crippen LogP) is 5.31. The van der Waals surface area contributed by atoms with E-state index >= 15 is 0 Å². The van der Waals surface area contributed by atoms with Crippen LogP contribution >= 0.6 is 35.3 Å². The van der Waals surface area contributed by atoms with Crippen LogP contribution in [-0.2, 0) is 6.42 Å². The fraction of sp³-hybridized carbons (Fsp3) is 0.364. The van der Waals surface area contributed by atoms with Crippen LogP contribution in [0.1, 0.15) is 47.0 Å². The number of guanidine groups is 1. The Morgan fingerprint density at radius 1 is 1.17 bits per heavy atom. The highest BCUT2D eigenvalue weighted by molar-refractivity contribution is 14.0. The van der Waals surface area contributed by atoms with E-state index in [0.29, 0.717) is 6.54 Å². The number of rotatable bonds is 8. The third kappa shape index (κ3) is 7.47. The molecule has 5 nitrogen and oxygen atoms in total. The molecule has 0 spiro atoms. The van der Waals surface area contributed by atoms with Crippen molar-refractivity contribution in [3.05, 3.63) is 76.1 Å². The zero-order valence-electron chi connectivity index (χ0n) is 17.1. The molecule has 0 radical (unpaired) electrons. The lowest BCUT2D eigenvalue weighted by atomic mass is 10.1. The molecule has 0 aliphatic heterocycles. The summed E-state index contributed by atoms with van der Waals surface area (Å²) in [7, 11) is 0. The van der Waals surface area contributed by atoms with Gasteiger partial charge in [0, 0.05) is 30.0 Å². The van der Waals surface area contributed by atoms with Crippen molar-refractivity contribution in [3.8, 4) is 0 Å². The summed E-state index contributed by atoms with van der Waals surface area (Å²) in [5, 5.41) is 8.08. The van der Waals surface area contributed by atoms with Gasteiger partial charge in [-0.3, -0.25) is 4.99 Å². The molecular weight excluding hydrogens is 495 g/mol. The molecule has 2 heterocycles. The Morgan fingerprint density at radius 3 is 2.62 bits per heavy atom. The van der Waals surface area contributed by atoms with Crippen LogP contribution in [0.2, 0.25) is 0 Å². The first-order valence-corrected chi connectivity index (χ1v) is 10.5. The van der Waals surface area contributed by atoms with Gasteiger partial charge < -0.3 is 15.1 Å². The molecule has 156 valence electrons. The number of furan rings is 1. The lowest BCUT2D eigenvalue weighted by molar-refractivity contribution is 0.506. The second-order valence-corrected chi connectivity index (χ2v) is 8.20. The van der Waals surface area contributed by atoms with Gasteiger partial charge in [0.05, 0.1) is 23.9 Å². The molecule has 2 atom stereocenters. The minimum Gasteiger partial charge on any atom is -0.469 e. The quantitative estimate of drug-likeness (QED) is 0.238. The number of aryl methyl sites for hydroxylation is 1.